The average molecular weight is 324 g/mol. The highest BCUT2D eigenvalue weighted by molar-refractivity contribution is 6.04. The summed E-state index contributed by atoms with van der Waals surface area (Å²) in [5.74, 6) is 0.430. The SMILES string of the molecule is C=CCOc1ccc(C(=O)Nc2ccc(CC(=O)NC)cc2)cc1. The van der Waals surface area contributed by atoms with E-state index in [1.807, 2.05) is 12.1 Å². The van der Waals surface area contributed by atoms with Gasteiger partial charge in [-0.25, -0.2) is 0 Å². The summed E-state index contributed by atoms with van der Waals surface area (Å²) in [6.07, 6.45) is 1.98. The molecule has 0 saturated heterocycles. The number of carbonyl (C=O) groups excluding carboxylic acids is 2. The Hall–Kier alpha value is -3.08. The number of amides is 2. The van der Waals surface area contributed by atoms with Crippen LogP contribution in [0.25, 0.3) is 0 Å². The first kappa shape index (κ1) is 17.3. The third kappa shape index (κ3) is 4.98. The lowest BCUT2D eigenvalue weighted by Gasteiger charge is -2.08. The Morgan fingerprint density at radius 1 is 1.08 bits per heavy atom. The zero-order valence-corrected chi connectivity index (χ0v) is 13.5. The first-order chi connectivity index (χ1) is 11.6. The van der Waals surface area contributed by atoms with Crippen molar-refractivity contribution < 1.29 is 14.3 Å². The van der Waals surface area contributed by atoms with Gasteiger partial charge in [0.1, 0.15) is 12.4 Å². The van der Waals surface area contributed by atoms with Gasteiger partial charge in [-0.3, -0.25) is 9.59 Å². The predicted octanol–water partition coefficient (Wildman–Crippen LogP) is 2.79. The van der Waals surface area contributed by atoms with Crippen LogP contribution in [0.5, 0.6) is 5.75 Å². The van der Waals surface area contributed by atoms with Gasteiger partial charge in [0.2, 0.25) is 5.91 Å². The summed E-state index contributed by atoms with van der Waals surface area (Å²) in [5, 5.41) is 5.39. The van der Waals surface area contributed by atoms with Gasteiger partial charge >= 0.3 is 0 Å². The summed E-state index contributed by atoms with van der Waals surface area (Å²) in [6, 6.07) is 14.1. The summed E-state index contributed by atoms with van der Waals surface area (Å²) in [7, 11) is 1.60. The topological polar surface area (TPSA) is 67.4 Å². The number of hydrogen-bond donors (Lipinski definition) is 2. The van der Waals surface area contributed by atoms with Crippen LogP contribution >= 0.6 is 0 Å². The first-order valence-corrected chi connectivity index (χ1v) is 7.57. The lowest BCUT2D eigenvalue weighted by atomic mass is 10.1. The van der Waals surface area contributed by atoms with Crippen molar-refractivity contribution in [2.75, 3.05) is 19.0 Å². The zero-order chi connectivity index (χ0) is 17.4. The van der Waals surface area contributed by atoms with Gasteiger partial charge in [-0.1, -0.05) is 24.8 Å². The summed E-state index contributed by atoms with van der Waals surface area (Å²) in [5.41, 5.74) is 2.10. The second-order valence-corrected chi connectivity index (χ2v) is 5.13. The molecular weight excluding hydrogens is 304 g/mol. The summed E-state index contributed by atoms with van der Waals surface area (Å²) in [6.45, 7) is 4.01. The lowest BCUT2D eigenvalue weighted by Crippen LogP contribution is -2.19. The maximum atomic E-state index is 12.2. The van der Waals surface area contributed by atoms with Gasteiger partial charge in [0, 0.05) is 18.3 Å². The van der Waals surface area contributed by atoms with Gasteiger partial charge in [-0.2, -0.15) is 0 Å². The molecule has 0 aliphatic rings. The van der Waals surface area contributed by atoms with Crippen molar-refractivity contribution in [1.82, 2.24) is 5.32 Å². The minimum absolute atomic E-state index is 0.0504. The van der Waals surface area contributed by atoms with Gasteiger partial charge in [-0.05, 0) is 42.0 Å². The molecule has 5 heteroatoms. The van der Waals surface area contributed by atoms with Crippen LogP contribution in [-0.4, -0.2) is 25.5 Å². The number of hydrogen-bond acceptors (Lipinski definition) is 3. The van der Waals surface area contributed by atoms with E-state index in [0.717, 1.165) is 5.56 Å². The fourth-order valence-electron chi connectivity index (χ4n) is 2.04. The van der Waals surface area contributed by atoms with Crippen LogP contribution in [0.1, 0.15) is 15.9 Å². The number of nitrogens with one attached hydrogen (secondary N) is 2. The normalized spacial score (nSPS) is 9.88. The quantitative estimate of drug-likeness (QED) is 0.770. The largest absolute Gasteiger partial charge is 0.490 e. The van der Waals surface area contributed by atoms with E-state index >= 15 is 0 Å². The van der Waals surface area contributed by atoms with E-state index in [1.54, 1.807) is 49.5 Å². The summed E-state index contributed by atoms with van der Waals surface area (Å²) >= 11 is 0. The molecule has 2 N–H and O–H groups in total. The van der Waals surface area contributed by atoms with Crippen LogP contribution in [0.15, 0.2) is 61.2 Å². The number of anilines is 1. The molecule has 0 fully saturated rings. The lowest BCUT2D eigenvalue weighted by molar-refractivity contribution is -0.119. The molecule has 2 amide bonds. The summed E-state index contributed by atoms with van der Waals surface area (Å²) in [4.78, 5) is 23.5. The van der Waals surface area contributed by atoms with Crippen molar-refractivity contribution >= 4 is 17.5 Å². The van der Waals surface area contributed by atoms with Crippen LogP contribution < -0.4 is 15.4 Å². The van der Waals surface area contributed by atoms with Crippen molar-refractivity contribution in [3.8, 4) is 5.75 Å². The number of rotatable bonds is 7. The number of carbonyl (C=O) groups is 2. The van der Waals surface area contributed by atoms with E-state index in [-0.39, 0.29) is 11.8 Å². The molecular formula is C19H20N2O3. The van der Waals surface area contributed by atoms with Crippen molar-refractivity contribution in [2.24, 2.45) is 0 Å². The Bertz CT molecular complexity index is 706. The molecule has 2 rings (SSSR count). The second kappa shape index (κ2) is 8.53. The smallest absolute Gasteiger partial charge is 0.255 e. The maximum absolute atomic E-state index is 12.2. The Morgan fingerprint density at radius 3 is 2.33 bits per heavy atom. The molecule has 0 bridgehead atoms. The highest BCUT2D eigenvalue weighted by atomic mass is 16.5. The zero-order valence-electron chi connectivity index (χ0n) is 13.5. The fourth-order valence-corrected chi connectivity index (χ4v) is 2.04. The van der Waals surface area contributed by atoms with Crippen LogP contribution in [0, 0.1) is 0 Å². The van der Waals surface area contributed by atoms with Crippen molar-refractivity contribution in [3.63, 3.8) is 0 Å². The molecule has 0 saturated carbocycles. The van der Waals surface area contributed by atoms with E-state index in [2.05, 4.69) is 17.2 Å². The molecule has 0 aliphatic heterocycles. The standard InChI is InChI=1S/C19H20N2O3/c1-3-12-24-17-10-6-15(7-11-17)19(23)21-16-8-4-14(5-9-16)13-18(22)20-2/h3-11H,1,12-13H2,2H3,(H,20,22)(H,21,23). The average Bonchev–Trinajstić information content (AvgIpc) is 2.61. The van der Waals surface area contributed by atoms with Crippen molar-refractivity contribution in [3.05, 3.63) is 72.3 Å². The van der Waals surface area contributed by atoms with Crippen LogP contribution in [0.4, 0.5) is 5.69 Å². The minimum atomic E-state index is -0.204. The number of likely N-dealkylation sites (N-methyl/N-ethyl adjacent to an activating group) is 1. The molecule has 5 nitrogen and oxygen atoms in total. The van der Waals surface area contributed by atoms with Gasteiger partial charge in [0.05, 0.1) is 6.42 Å². The van der Waals surface area contributed by atoms with Gasteiger partial charge < -0.3 is 15.4 Å². The molecule has 2 aromatic carbocycles. The molecule has 0 atom stereocenters. The van der Waals surface area contributed by atoms with Crippen molar-refractivity contribution in [2.45, 2.75) is 6.42 Å². The maximum Gasteiger partial charge on any atom is 0.255 e. The molecule has 0 unspecified atom stereocenters. The minimum Gasteiger partial charge on any atom is -0.490 e. The molecule has 124 valence electrons. The third-order valence-corrected chi connectivity index (χ3v) is 3.34. The van der Waals surface area contributed by atoms with Gasteiger partial charge in [-0.15, -0.1) is 0 Å². The van der Waals surface area contributed by atoms with E-state index < -0.39 is 0 Å². The molecule has 0 aliphatic carbocycles. The first-order valence-electron chi connectivity index (χ1n) is 7.57. The molecule has 0 heterocycles. The van der Waals surface area contributed by atoms with E-state index in [0.29, 0.717) is 30.0 Å². The molecule has 0 spiro atoms. The molecule has 24 heavy (non-hydrogen) atoms. The van der Waals surface area contributed by atoms with Gasteiger partial charge in [0.25, 0.3) is 5.91 Å². The highest BCUT2D eigenvalue weighted by Gasteiger charge is 2.07. The Labute approximate surface area is 141 Å². The van der Waals surface area contributed by atoms with Crippen LogP contribution in [0.3, 0.4) is 0 Å². The molecule has 0 radical (unpaired) electrons. The Balaban J connectivity index is 1.96. The second-order valence-electron chi connectivity index (χ2n) is 5.13. The predicted molar refractivity (Wildman–Crippen MR) is 94.3 cm³/mol. The van der Waals surface area contributed by atoms with Gasteiger partial charge in [0.15, 0.2) is 0 Å². The van der Waals surface area contributed by atoms with Crippen LogP contribution in [0.2, 0.25) is 0 Å². The summed E-state index contributed by atoms with van der Waals surface area (Å²) < 4.78 is 5.38. The highest BCUT2D eigenvalue weighted by Crippen LogP contribution is 2.15. The molecule has 0 aromatic heterocycles. The fraction of sp³-hybridized carbons (Fsp3) is 0.158. The van der Waals surface area contributed by atoms with Crippen molar-refractivity contribution in [1.29, 1.82) is 0 Å². The van der Waals surface area contributed by atoms with E-state index in [9.17, 15) is 9.59 Å². The van der Waals surface area contributed by atoms with E-state index in [1.165, 1.54) is 0 Å². The Morgan fingerprint density at radius 2 is 1.75 bits per heavy atom. The Kier molecular flexibility index (Phi) is 6.14. The number of benzene rings is 2. The van der Waals surface area contributed by atoms with Crippen LogP contribution in [-0.2, 0) is 11.2 Å². The molecule has 2 aromatic rings. The van der Waals surface area contributed by atoms with E-state index in [4.69, 9.17) is 4.74 Å². The number of ether oxygens (including phenoxy) is 1. The monoisotopic (exact) mass is 324 g/mol. The third-order valence-electron chi connectivity index (χ3n) is 3.34.